The van der Waals surface area contributed by atoms with Crippen LogP contribution in [-0.4, -0.2) is 11.1 Å². The Kier molecular flexibility index (Phi) is 3.27. The summed E-state index contributed by atoms with van der Waals surface area (Å²) in [5.41, 5.74) is 7.23. The van der Waals surface area contributed by atoms with Gasteiger partial charge < -0.3 is 10.8 Å². The third-order valence-corrected chi connectivity index (χ3v) is 3.30. The second-order valence-corrected chi connectivity index (χ2v) is 3.87. The highest BCUT2D eigenvalue weighted by Crippen LogP contribution is 2.21. The molecule has 0 fully saturated rings. The van der Waals surface area contributed by atoms with E-state index in [9.17, 15) is 4.79 Å². The summed E-state index contributed by atoms with van der Waals surface area (Å²) in [7, 11) is 0. The van der Waals surface area contributed by atoms with Crippen LogP contribution in [0.1, 0.15) is 17.2 Å². The van der Waals surface area contributed by atoms with Crippen LogP contribution in [0.2, 0.25) is 0 Å². The molecule has 0 saturated carbocycles. The molecular formula is C9H10INO2. The molecule has 0 saturated heterocycles. The smallest absolute Gasteiger partial charge is 0.325 e. The van der Waals surface area contributed by atoms with Crippen molar-refractivity contribution >= 4 is 28.6 Å². The molecule has 13 heavy (non-hydrogen) atoms. The first kappa shape index (κ1) is 10.5. The van der Waals surface area contributed by atoms with Gasteiger partial charge in [-0.1, -0.05) is 18.2 Å². The maximum absolute atomic E-state index is 10.6. The highest BCUT2D eigenvalue weighted by molar-refractivity contribution is 14.1. The zero-order valence-corrected chi connectivity index (χ0v) is 9.28. The van der Waals surface area contributed by atoms with E-state index in [0.29, 0.717) is 5.56 Å². The third-order valence-electron chi connectivity index (χ3n) is 1.82. The van der Waals surface area contributed by atoms with Gasteiger partial charge in [0, 0.05) is 3.57 Å². The largest absolute Gasteiger partial charge is 0.480 e. The number of halogens is 1. The summed E-state index contributed by atoms with van der Waals surface area (Å²) in [5.74, 6) is -0.997. The first-order chi connectivity index (χ1) is 6.04. The van der Waals surface area contributed by atoms with Gasteiger partial charge in [0.2, 0.25) is 0 Å². The molecule has 3 nitrogen and oxygen atoms in total. The lowest BCUT2D eigenvalue weighted by atomic mass is 10.1. The van der Waals surface area contributed by atoms with Gasteiger partial charge in [-0.2, -0.15) is 0 Å². The van der Waals surface area contributed by atoms with Crippen molar-refractivity contribution in [3.05, 3.63) is 32.9 Å². The number of hydrogen-bond donors (Lipinski definition) is 2. The summed E-state index contributed by atoms with van der Waals surface area (Å²) in [6.07, 6.45) is 0. The topological polar surface area (TPSA) is 63.3 Å². The summed E-state index contributed by atoms with van der Waals surface area (Å²) in [5, 5.41) is 8.72. The molecule has 1 aromatic carbocycles. The van der Waals surface area contributed by atoms with Crippen LogP contribution < -0.4 is 5.73 Å². The van der Waals surface area contributed by atoms with E-state index in [1.165, 1.54) is 0 Å². The number of carboxylic acids is 1. The molecule has 4 heteroatoms. The van der Waals surface area contributed by atoms with Crippen LogP contribution in [0.25, 0.3) is 0 Å². The summed E-state index contributed by atoms with van der Waals surface area (Å²) in [4.78, 5) is 10.6. The Morgan fingerprint density at radius 3 is 2.77 bits per heavy atom. The molecule has 0 bridgehead atoms. The first-order valence-corrected chi connectivity index (χ1v) is 4.85. The summed E-state index contributed by atoms with van der Waals surface area (Å²) in [6, 6.07) is 4.56. The van der Waals surface area contributed by atoms with E-state index < -0.39 is 12.0 Å². The SMILES string of the molecule is Cc1cccc([C@@H](N)C(=O)O)c1I. The van der Waals surface area contributed by atoms with Crippen molar-refractivity contribution in [1.29, 1.82) is 0 Å². The van der Waals surface area contributed by atoms with Crippen molar-refractivity contribution < 1.29 is 9.90 Å². The number of benzene rings is 1. The quantitative estimate of drug-likeness (QED) is 0.815. The average molecular weight is 291 g/mol. The molecule has 3 N–H and O–H groups in total. The lowest BCUT2D eigenvalue weighted by Gasteiger charge is -2.10. The Morgan fingerprint density at radius 1 is 1.62 bits per heavy atom. The van der Waals surface area contributed by atoms with Gasteiger partial charge in [-0.3, -0.25) is 4.79 Å². The van der Waals surface area contributed by atoms with Crippen molar-refractivity contribution in [2.75, 3.05) is 0 Å². The summed E-state index contributed by atoms with van der Waals surface area (Å²) in [6.45, 7) is 1.93. The van der Waals surface area contributed by atoms with Gasteiger partial charge >= 0.3 is 5.97 Å². The zero-order valence-electron chi connectivity index (χ0n) is 7.12. The van der Waals surface area contributed by atoms with E-state index in [4.69, 9.17) is 10.8 Å². The molecule has 70 valence electrons. The highest BCUT2D eigenvalue weighted by atomic mass is 127. The molecule has 0 aliphatic rings. The molecule has 0 radical (unpaired) electrons. The number of carboxylic acid groups (broad SMARTS) is 1. The molecule has 1 atom stereocenters. The molecule has 0 amide bonds. The number of aryl methyl sites for hydroxylation is 1. The molecule has 0 aromatic heterocycles. The number of rotatable bonds is 2. The molecule has 1 rings (SSSR count). The summed E-state index contributed by atoms with van der Waals surface area (Å²) >= 11 is 2.11. The van der Waals surface area contributed by atoms with Crippen LogP contribution in [0.5, 0.6) is 0 Å². The Morgan fingerprint density at radius 2 is 2.23 bits per heavy atom. The van der Waals surface area contributed by atoms with Gasteiger partial charge in [-0.15, -0.1) is 0 Å². The van der Waals surface area contributed by atoms with E-state index in [2.05, 4.69) is 22.6 Å². The number of nitrogens with two attached hydrogens (primary N) is 1. The monoisotopic (exact) mass is 291 g/mol. The predicted molar refractivity (Wildman–Crippen MR) is 58.5 cm³/mol. The van der Waals surface area contributed by atoms with E-state index in [-0.39, 0.29) is 0 Å². The Labute approximate surface area is 90.1 Å². The number of hydrogen-bond acceptors (Lipinski definition) is 2. The van der Waals surface area contributed by atoms with Gasteiger partial charge in [0.05, 0.1) is 0 Å². The summed E-state index contributed by atoms with van der Waals surface area (Å²) < 4.78 is 0.926. The fraction of sp³-hybridized carbons (Fsp3) is 0.222. The van der Waals surface area contributed by atoms with E-state index >= 15 is 0 Å². The fourth-order valence-electron chi connectivity index (χ4n) is 1.04. The second kappa shape index (κ2) is 4.06. The van der Waals surface area contributed by atoms with Crippen molar-refractivity contribution in [3.8, 4) is 0 Å². The normalized spacial score (nSPS) is 12.5. The molecule has 0 unspecified atom stereocenters. The van der Waals surface area contributed by atoms with Crippen LogP contribution in [0, 0.1) is 10.5 Å². The van der Waals surface area contributed by atoms with Gasteiger partial charge in [0.25, 0.3) is 0 Å². The van der Waals surface area contributed by atoms with Crippen molar-refractivity contribution in [2.24, 2.45) is 5.73 Å². The average Bonchev–Trinajstić information content (AvgIpc) is 2.08. The van der Waals surface area contributed by atoms with E-state index in [1.54, 1.807) is 6.07 Å². The standard InChI is InChI=1S/C9H10INO2/c1-5-3-2-4-6(7(5)10)8(11)9(12)13/h2-4,8H,11H2,1H3,(H,12,13)/t8-/m1/s1. The van der Waals surface area contributed by atoms with Crippen LogP contribution in [0.15, 0.2) is 18.2 Å². The van der Waals surface area contributed by atoms with Crippen LogP contribution in [-0.2, 0) is 4.79 Å². The molecule has 0 aliphatic heterocycles. The minimum atomic E-state index is -0.997. The van der Waals surface area contributed by atoms with Crippen LogP contribution >= 0.6 is 22.6 Å². The molecule has 0 heterocycles. The predicted octanol–water partition coefficient (Wildman–Crippen LogP) is 1.68. The molecule has 0 spiro atoms. The van der Waals surface area contributed by atoms with Crippen molar-refractivity contribution in [2.45, 2.75) is 13.0 Å². The van der Waals surface area contributed by atoms with Gasteiger partial charge in [-0.25, -0.2) is 0 Å². The van der Waals surface area contributed by atoms with E-state index in [0.717, 1.165) is 9.13 Å². The van der Waals surface area contributed by atoms with Crippen molar-refractivity contribution in [1.82, 2.24) is 0 Å². The maximum atomic E-state index is 10.6. The van der Waals surface area contributed by atoms with Crippen molar-refractivity contribution in [3.63, 3.8) is 0 Å². The van der Waals surface area contributed by atoms with Crippen LogP contribution in [0.4, 0.5) is 0 Å². The molecular weight excluding hydrogens is 281 g/mol. The molecule has 0 aliphatic carbocycles. The Balaban J connectivity index is 3.15. The van der Waals surface area contributed by atoms with Gasteiger partial charge in [-0.05, 0) is 40.6 Å². The highest BCUT2D eigenvalue weighted by Gasteiger charge is 2.17. The zero-order chi connectivity index (χ0) is 10.0. The minimum Gasteiger partial charge on any atom is -0.480 e. The number of carbonyl (C=O) groups is 1. The second-order valence-electron chi connectivity index (χ2n) is 2.79. The van der Waals surface area contributed by atoms with E-state index in [1.807, 2.05) is 19.1 Å². The van der Waals surface area contributed by atoms with Crippen LogP contribution in [0.3, 0.4) is 0 Å². The van der Waals surface area contributed by atoms with Gasteiger partial charge in [0.15, 0.2) is 0 Å². The minimum absolute atomic E-state index is 0.674. The number of aliphatic carboxylic acids is 1. The lowest BCUT2D eigenvalue weighted by Crippen LogP contribution is -2.21. The Hall–Kier alpha value is -0.620. The lowest BCUT2D eigenvalue weighted by molar-refractivity contribution is -0.138. The van der Waals surface area contributed by atoms with Gasteiger partial charge in [0.1, 0.15) is 6.04 Å². The Bertz CT molecular complexity index is 338. The fourth-order valence-corrected chi connectivity index (χ4v) is 1.74. The molecule has 1 aromatic rings. The third kappa shape index (κ3) is 2.19. The maximum Gasteiger partial charge on any atom is 0.325 e. The first-order valence-electron chi connectivity index (χ1n) is 3.77.